The number of nitrogens with one attached hydrogen (secondary N) is 1. The molecule has 1 aromatic carbocycles. The van der Waals surface area contributed by atoms with E-state index in [0.29, 0.717) is 6.04 Å². The third-order valence-electron chi connectivity index (χ3n) is 3.14. The molecular weight excluding hydrogens is 200 g/mol. The summed E-state index contributed by atoms with van der Waals surface area (Å²) >= 11 is 0. The van der Waals surface area contributed by atoms with Crippen LogP contribution in [0, 0.1) is 0 Å². The Morgan fingerprint density at radius 3 is 2.50 bits per heavy atom. The van der Waals surface area contributed by atoms with E-state index in [1.54, 1.807) is 0 Å². The summed E-state index contributed by atoms with van der Waals surface area (Å²) in [6.07, 6.45) is 4.61. The highest BCUT2D eigenvalue weighted by Crippen LogP contribution is 2.18. The van der Waals surface area contributed by atoms with Gasteiger partial charge in [-0.05, 0) is 18.4 Å². The van der Waals surface area contributed by atoms with Crippen molar-refractivity contribution >= 4 is 5.91 Å². The second kappa shape index (κ2) is 5.12. The molecule has 3 N–H and O–H groups in total. The Hall–Kier alpha value is -1.35. The first-order valence-corrected chi connectivity index (χ1v) is 5.88. The average Bonchev–Trinajstić information content (AvgIpc) is 2.82. The van der Waals surface area contributed by atoms with E-state index in [2.05, 4.69) is 5.32 Å². The number of carbonyl (C=O) groups excluding carboxylic acids is 1. The molecule has 3 nitrogen and oxygen atoms in total. The van der Waals surface area contributed by atoms with Gasteiger partial charge in [-0.3, -0.25) is 4.79 Å². The molecule has 2 rings (SSSR count). The van der Waals surface area contributed by atoms with Crippen molar-refractivity contribution in [2.75, 3.05) is 0 Å². The van der Waals surface area contributed by atoms with Gasteiger partial charge in [0.2, 0.25) is 5.91 Å². The topological polar surface area (TPSA) is 55.1 Å². The van der Waals surface area contributed by atoms with Crippen molar-refractivity contribution in [2.45, 2.75) is 37.8 Å². The minimum Gasteiger partial charge on any atom is -0.352 e. The summed E-state index contributed by atoms with van der Waals surface area (Å²) in [5.74, 6) is -0.0573. The van der Waals surface area contributed by atoms with Crippen LogP contribution in [0.5, 0.6) is 0 Å². The van der Waals surface area contributed by atoms with E-state index in [4.69, 9.17) is 5.73 Å². The number of rotatable bonds is 3. The smallest absolute Gasteiger partial charge is 0.241 e. The lowest BCUT2D eigenvalue weighted by atomic mass is 10.1. The van der Waals surface area contributed by atoms with Gasteiger partial charge in [0.15, 0.2) is 0 Å². The predicted molar refractivity (Wildman–Crippen MR) is 63.8 cm³/mol. The van der Waals surface area contributed by atoms with Crippen molar-refractivity contribution in [3.63, 3.8) is 0 Å². The van der Waals surface area contributed by atoms with Crippen LogP contribution in [-0.4, -0.2) is 11.9 Å². The third-order valence-corrected chi connectivity index (χ3v) is 3.14. The van der Waals surface area contributed by atoms with Gasteiger partial charge in [-0.1, -0.05) is 43.2 Å². The van der Waals surface area contributed by atoms with Crippen molar-refractivity contribution in [2.24, 2.45) is 5.73 Å². The summed E-state index contributed by atoms with van der Waals surface area (Å²) in [6.45, 7) is 0. The predicted octanol–water partition coefficient (Wildman–Crippen LogP) is 1.75. The van der Waals surface area contributed by atoms with Crippen LogP contribution in [0.25, 0.3) is 0 Å². The molecule has 1 aliphatic carbocycles. The van der Waals surface area contributed by atoms with Crippen LogP contribution in [-0.2, 0) is 4.79 Å². The Balaban J connectivity index is 1.94. The fourth-order valence-corrected chi connectivity index (χ4v) is 2.17. The van der Waals surface area contributed by atoms with Crippen LogP contribution < -0.4 is 11.1 Å². The number of hydrogen-bond donors (Lipinski definition) is 2. The molecule has 1 aliphatic rings. The molecule has 0 aromatic heterocycles. The number of carbonyl (C=O) groups is 1. The molecule has 1 atom stereocenters. The highest BCUT2D eigenvalue weighted by atomic mass is 16.2. The molecule has 1 amide bonds. The molecule has 0 unspecified atom stereocenters. The van der Waals surface area contributed by atoms with Gasteiger partial charge in [0, 0.05) is 6.04 Å². The Morgan fingerprint density at radius 2 is 1.88 bits per heavy atom. The van der Waals surface area contributed by atoms with Gasteiger partial charge >= 0.3 is 0 Å². The van der Waals surface area contributed by atoms with E-state index in [0.717, 1.165) is 18.4 Å². The normalized spacial score (nSPS) is 18.3. The van der Waals surface area contributed by atoms with Gasteiger partial charge in [0.25, 0.3) is 0 Å². The minimum absolute atomic E-state index is 0.0573. The molecule has 0 spiro atoms. The maximum atomic E-state index is 11.9. The molecule has 3 heteroatoms. The summed E-state index contributed by atoms with van der Waals surface area (Å²) < 4.78 is 0. The Morgan fingerprint density at radius 1 is 1.25 bits per heavy atom. The van der Waals surface area contributed by atoms with Crippen LogP contribution in [0.1, 0.15) is 37.3 Å². The number of benzene rings is 1. The van der Waals surface area contributed by atoms with E-state index >= 15 is 0 Å². The van der Waals surface area contributed by atoms with Gasteiger partial charge in [-0.15, -0.1) is 0 Å². The summed E-state index contributed by atoms with van der Waals surface area (Å²) in [7, 11) is 0. The maximum absolute atomic E-state index is 11.9. The van der Waals surface area contributed by atoms with Crippen molar-refractivity contribution in [3.8, 4) is 0 Å². The number of nitrogens with two attached hydrogens (primary N) is 1. The molecule has 0 aliphatic heterocycles. The molecular formula is C13H18N2O. The van der Waals surface area contributed by atoms with E-state index in [1.165, 1.54) is 12.8 Å². The molecule has 0 saturated heterocycles. The van der Waals surface area contributed by atoms with Crippen molar-refractivity contribution < 1.29 is 4.79 Å². The van der Waals surface area contributed by atoms with Gasteiger partial charge in [-0.25, -0.2) is 0 Å². The zero-order valence-electron chi connectivity index (χ0n) is 9.36. The number of hydrogen-bond acceptors (Lipinski definition) is 2. The summed E-state index contributed by atoms with van der Waals surface area (Å²) in [4.78, 5) is 11.9. The lowest BCUT2D eigenvalue weighted by molar-refractivity contribution is -0.123. The van der Waals surface area contributed by atoms with Crippen molar-refractivity contribution in [1.29, 1.82) is 0 Å². The number of amides is 1. The lowest BCUT2D eigenvalue weighted by Crippen LogP contribution is -2.39. The summed E-state index contributed by atoms with van der Waals surface area (Å²) in [5.41, 5.74) is 6.78. The van der Waals surface area contributed by atoms with Crippen LogP contribution >= 0.6 is 0 Å². The zero-order valence-corrected chi connectivity index (χ0v) is 9.36. The quantitative estimate of drug-likeness (QED) is 0.812. The summed E-state index contributed by atoms with van der Waals surface area (Å²) in [6, 6.07) is 9.29. The fraction of sp³-hybridized carbons (Fsp3) is 0.462. The molecule has 0 bridgehead atoms. The van der Waals surface area contributed by atoms with E-state index in [9.17, 15) is 4.79 Å². The van der Waals surface area contributed by atoms with Crippen LogP contribution in [0.2, 0.25) is 0 Å². The first kappa shape index (κ1) is 11.1. The molecule has 0 heterocycles. The van der Waals surface area contributed by atoms with E-state index < -0.39 is 6.04 Å². The molecule has 86 valence electrons. The molecule has 1 fully saturated rings. The first-order valence-electron chi connectivity index (χ1n) is 5.88. The SMILES string of the molecule is N[C@H](C(=O)NC1CCCC1)c1ccccc1. The average molecular weight is 218 g/mol. The monoisotopic (exact) mass is 218 g/mol. The van der Waals surface area contributed by atoms with Crippen molar-refractivity contribution in [1.82, 2.24) is 5.32 Å². The van der Waals surface area contributed by atoms with Gasteiger partial charge in [0.05, 0.1) is 0 Å². The van der Waals surface area contributed by atoms with Crippen LogP contribution in [0.15, 0.2) is 30.3 Å². The molecule has 16 heavy (non-hydrogen) atoms. The van der Waals surface area contributed by atoms with Gasteiger partial charge < -0.3 is 11.1 Å². The van der Waals surface area contributed by atoms with Gasteiger partial charge in [-0.2, -0.15) is 0 Å². The highest BCUT2D eigenvalue weighted by molar-refractivity contribution is 5.83. The molecule has 0 radical (unpaired) electrons. The van der Waals surface area contributed by atoms with E-state index in [1.807, 2.05) is 30.3 Å². The maximum Gasteiger partial charge on any atom is 0.241 e. The Bertz CT molecular complexity index is 344. The van der Waals surface area contributed by atoms with Crippen molar-refractivity contribution in [3.05, 3.63) is 35.9 Å². The van der Waals surface area contributed by atoms with Crippen LogP contribution in [0.3, 0.4) is 0 Å². The first-order chi connectivity index (χ1) is 7.77. The largest absolute Gasteiger partial charge is 0.352 e. The minimum atomic E-state index is -0.540. The van der Waals surface area contributed by atoms with Crippen LogP contribution in [0.4, 0.5) is 0 Å². The Kier molecular flexibility index (Phi) is 3.57. The second-order valence-electron chi connectivity index (χ2n) is 4.38. The molecule has 1 saturated carbocycles. The third kappa shape index (κ3) is 2.61. The highest BCUT2D eigenvalue weighted by Gasteiger charge is 2.21. The standard InChI is InChI=1S/C13H18N2O/c14-12(10-6-2-1-3-7-10)13(16)15-11-8-4-5-9-11/h1-3,6-7,11-12H,4-5,8-9,14H2,(H,15,16)/t12-/m0/s1. The Labute approximate surface area is 96.0 Å². The zero-order chi connectivity index (χ0) is 11.4. The lowest BCUT2D eigenvalue weighted by Gasteiger charge is -2.16. The summed E-state index contributed by atoms with van der Waals surface area (Å²) in [5, 5.41) is 3.01. The fourth-order valence-electron chi connectivity index (χ4n) is 2.17. The van der Waals surface area contributed by atoms with Gasteiger partial charge in [0.1, 0.15) is 6.04 Å². The molecule has 1 aromatic rings. The second-order valence-corrected chi connectivity index (χ2v) is 4.38. The van der Waals surface area contributed by atoms with E-state index in [-0.39, 0.29) is 5.91 Å².